The molecular formula is C20H21N3OS2. The Balaban J connectivity index is 1.27. The summed E-state index contributed by atoms with van der Waals surface area (Å²) in [6.45, 7) is 1.69. The SMILES string of the molecule is O=C(CSCc1ccncc1)N1CCC(c2nc3ccccc3s2)CC1. The van der Waals surface area contributed by atoms with Crippen molar-refractivity contribution < 1.29 is 4.79 Å². The Morgan fingerprint density at radius 3 is 2.69 bits per heavy atom. The van der Waals surface area contributed by atoms with Gasteiger partial charge < -0.3 is 4.90 Å². The molecule has 2 aromatic heterocycles. The van der Waals surface area contributed by atoms with E-state index < -0.39 is 0 Å². The molecule has 1 aliphatic rings. The molecule has 0 aliphatic carbocycles. The van der Waals surface area contributed by atoms with E-state index >= 15 is 0 Å². The van der Waals surface area contributed by atoms with E-state index in [2.05, 4.69) is 23.2 Å². The van der Waals surface area contributed by atoms with Gasteiger partial charge in [0.05, 0.1) is 21.0 Å². The van der Waals surface area contributed by atoms with Crippen molar-refractivity contribution in [3.05, 3.63) is 59.4 Å². The minimum Gasteiger partial charge on any atom is -0.342 e. The van der Waals surface area contributed by atoms with Gasteiger partial charge in [-0.25, -0.2) is 4.98 Å². The first kappa shape index (κ1) is 17.5. The van der Waals surface area contributed by atoms with Gasteiger partial charge in [0.25, 0.3) is 0 Å². The highest BCUT2D eigenvalue weighted by Crippen LogP contribution is 2.33. The number of nitrogens with zero attached hydrogens (tertiary/aromatic N) is 3. The smallest absolute Gasteiger partial charge is 0.232 e. The van der Waals surface area contributed by atoms with Gasteiger partial charge in [0.15, 0.2) is 0 Å². The molecule has 4 rings (SSSR count). The summed E-state index contributed by atoms with van der Waals surface area (Å²) in [6.07, 6.45) is 5.62. The van der Waals surface area contributed by atoms with E-state index in [1.54, 1.807) is 35.5 Å². The van der Waals surface area contributed by atoms with E-state index in [-0.39, 0.29) is 5.91 Å². The molecule has 26 heavy (non-hydrogen) atoms. The average Bonchev–Trinajstić information content (AvgIpc) is 3.13. The van der Waals surface area contributed by atoms with Crippen LogP contribution < -0.4 is 0 Å². The lowest BCUT2D eigenvalue weighted by Gasteiger charge is -2.31. The zero-order valence-corrected chi connectivity index (χ0v) is 16.1. The van der Waals surface area contributed by atoms with Crippen LogP contribution in [-0.4, -0.2) is 39.6 Å². The van der Waals surface area contributed by atoms with Crippen LogP contribution >= 0.6 is 23.1 Å². The summed E-state index contributed by atoms with van der Waals surface area (Å²) < 4.78 is 1.26. The molecule has 1 amide bonds. The van der Waals surface area contributed by atoms with Crippen molar-refractivity contribution in [3.63, 3.8) is 0 Å². The predicted octanol–water partition coefficient (Wildman–Crippen LogP) is 4.33. The van der Waals surface area contributed by atoms with Crippen LogP contribution in [-0.2, 0) is 10.5 Å². The molecule has 4 nitrogen and oxygen atoms in total. The van der Waals surface area contributed by atoms with E-state index in [0.717, 1.165) is 37.2 Å². The van der Waals surface area contributed by atoms with Crippen LogP contribution in [0.15, 0.2) is 48.8 Å². The molecule has 0 N–H and O–H groups in total. The Morgan fingerprint density at radius 2 is 1.92 bits per heavy atom. The Labute approximate surface area is 161 Å². The van der Waals surface area contributed by atoms with Crippen LogP contribution in [0.25, 0.3) is 10.2 Å². The van der Waals surface area contributed by atoms with Crippen LogP contribution in [0.4, 0.5) is 0 Å². The third kappa shape index (κ3) is 4.07. The number of benzene rings is 1. The monoisotopic (exact) mass is 383 g/mol. The molecule has 0 spiro atoms. The highest BCUT2D eigenvalue weighted by Gasteiger charge is 2.25. The Bertz CT molecular complexity index is 840. The number of piperidine rings is 1. The van der Waals surface area contributed by atoms with Crippen molar-refractivity contribution in [2.24, 2.45) is 0 Å². The van der Waals surface area contributed by atoms with Gasteiger partial charge in [-0.1, -0.05) is 12.1 Å². The quantitative estimate of drug-likeness (QED) is 0.658. The summed E-state index contributed by atoms with van der Waals surface area (Å²) in [5.74, 6) is 2.15. The fraction of sp³-hybridized carbons (Fsp3) is 0.350. The number of thioether (sulfide) groups is 1. The molecule has 1 saturated heterocycles. The third-order valence-corrected chi connectivity index (χ3v) is 6.94. The van der Waals surface area contributed by atoms with E-state index in [1.165, 1.54) is 15.3 Å². The summed E-state index contributed by atoms with van der Waals surface area (Å²) in [4.78, 5) is 23.3. The zero-order chi connectivity index (χ0) is 17.8. The van der Waals surface area contributed by atoms with Crippen LogP contribution in [0.3, 0.4) is 0 Å². The number of rotatable bonds is 5. The van der Waals surface area contributed by atoms with Crippen LogP contribution in [0.1, 0.15) is 29.3 Å². The molecule has 6 heteroatoms. The standard InChI is InChI=1S/C20H21N3OS2/c24-19(14-25-13-15-5-9-21-10-6-15)23-11-7-16(8-12-23)20-22-17-3-1-2-4-18(17)26-20/h1-6,9-10,16H,7-8,11-14H2. The van der Waals surface area contributed by atoms with E-state index in [1.807, 2.05) is 23.1 Å². The summed E-state index contributed by atoms with van der Waals surface area (Å²) >= 11 is 3.48. The molecular weight excluding hydrogens is 362 g/mol. The van der Waals surface area contributed by atoms with Gasteiger partial charge in [0, 0.05) is 37.2 Å². The van der Waals surface area contributed by atoms with Crippen molar-refractivity contribution in [1.82, 2.24) is 14.9 Å². The summed E-state index contributed by atoms with van der Waals surface area (Å²) in [7, 11) is 0. The van der Waals surface area contributed by atoms with Crippen molar-refractivity contribution in [2.75, 3.05) is 18.8 Å². The molecule has 3 heterocycles. The molecule has 1 aliphatic heterocycles. The number of para-hydroxylation sites is 1. The minimum absolute atomic E-state index is 0.256. The number of fused-ring (bicyclic) bond motifs is 1. The average molecular weight is 384 g/mol. The van der Waals surface area contributed by atoms with E-state index in [4.69, 9.17) is 4.98 Å². The molecule has 0 radical (unpaired) electrons. The Morgan fingerprint density at radius 1 is 1.15 bits per heavy atom. The van der Waals surface area contributed by atoms with Gasteiger partial charge in [-0.3, -0.25) is 9.78 Å². The van der Waals surface area contributed by atoms with Crippen molar-refractivity contribution in [3.8, 4) is 0 Å². The van der Waals surface area contributed by atoms with Crippen molar-refractivity contribution in [2.45, 2.75) is 24.5 Å². The maximum atomic E-state index is 12.5. The number of hydrogen-bond donors (Lipinski definition) is 0. The lowest BCUT2D eigenvalue weighted by Crippen LogP contribution is -2.38. The number of hydrogen-bond acceptors (Lipinski definition) is 5. The largest absolute Gasteiger partial charge is 0.342 e. The lowest BCUT2D eigenvalue weighted by molar-refractivity contribution is -0.129. The van der Waals surface area contributed by atoms with Crippen LogP contribution in [0.5, 0.6) is 0 Å². The first-order valence-corrected chi connectivity index (χ1v) is 10.9. The number of amides is 1. The number of carbonyl (C=O) groups is 1. The summed E-state index contributed by atoms with van der Waals surface area (Å²) in [5, 5.41) is 1.23. The second kappa shape index (κ2) is 8.18. The first-order valence-electron chi connectivity index (χ1n) is 8.89. The van der Waals surface area contributed by atoms with Gasteiger partial charge in [-0.05, 0) is 42.7 Å². The number of likely N-dealkylation sites (tertiary alicyclic amines) is 1. The number of carbonyl (C=O) groups excluding carboxylic acids is 1. The molecule has 1 fully saturated rings. The highest BCUT2D eigenvalue weighted by atomic mass is 32.2. The molecule has 0 atom stereocenters. The van der Waals surface area contributed by atoms with Gasteiger partial charge in [0.2, 0.25) is 5.91 Å². The van der Waals surface area contributed by atoms with Gasteiger partial charge in [-0.2, -0.15) is 0 Å². The molecule has 0 unspecified atom stereocenters. The summed E-state index contributed by atoms with van der Waals surface area (Å²) in [5.41, 5.74) is 2.31. The van der Waals surface area contributed by atoms with Crippen molar-refractivity contribution in [1.29, 1.82) is 0 Å². The maximum absolute atomic E-state index is 12.5. The van der Waals surface area contributed by atoms with Gasteiger partial charge in [0.1, 0.15) is 0 Å². The normalized spacial score (nSPS) is 15.5. The second-order valence-corrected chi connectivity index (χ2v) is 8.57. The second-order valence-electron chi connectivity index (χ2n) is 6.52. The number of aromatic nitrogens is 2. The fourth-order valence-electron chi connectivity index (χ4n) is 3.27. The minimum atomic E-state index is 0.256. The maximum Gasteiger partial charge on any atom is 0.232 e. The third-order valence-electron chi connectivity index (χ3n) is 4.75. The molecule has 0 saturated carbocycles. The molecule has 0 bridgehead atoms. The number of thiazole rings is 1. The Hall–Kier alpha value is -1.92. The van der Waals surface area contributed by atoms with Gasteiger partial charge in [-0.15, -0.1) is 23.1 Å². The Kier molecular flexibility index (Phi) is 5.51. The number of pyridine rings is 1. The molecule has 134 valence electrons. The van der Waals surface area contributed by atoms with Crippen molar-refractivity contribution >= 4 is 39.2 Å². The van der Waals surface area contributed by atoms with Crippen LogP contribution in [0, 0.1) is 0 Å². The van der Waals surface area contributed by atoms with Gasteiger partial charge >= 0.3 is 0 Å². The molecule has 3 aromatic rings. The topological polar surface area (TPSA) is 46.1 Å². The van der Waals surface area contributed by atoms with Crippen LogP contribution in [0.2, 0.25) is 0 Å². The lowest BCUT2D eigenvalue weighted by atomic mass is 9.97. The predicted molar refractivity (Wildman–Crippen MR) is 109 cm³/mol. The van der Waals surface area contributed by atoms with E-state index in [9.17, 15) is 4.79 Å². The fourth-order valence-corrected chi connectivity index (χ4v) is 5.29. The van der Waals surface area contributed by atoms with E-state index in [0.29, 0.717) is 11.7 Å². The zero-order valence-electron chi connectivity index (χ0n) is 14.5. The summed E-state index contributed by atoms with van der Waals surface area (Å²) in [6, 6.07) is 12.3. The first-order chi connectivity index (χ1) is 12.8. The highest BCUT2D eigenvalue weighted by molar-refractivity contribution is 7.99. The molecule has 1 aromatic carbocycles.